The molecule has 3 heterocycles. The van der Waals surface area contributed by atoms with Gasteiger partial charge >= 0.3 is 5.97 Å². The van der Waals surface area contributed by atoms with Crippen molar-refractivity contribution in [1.82, 2.24) is 14.5 Å². The van der Waals surface area contributed by atoms with Crippen LogP contribution in [0.25, 0.3) is 22.2 Å². The number of aromatic nitrogens is 3. The summed E-state index contributed by atoms with van der Waals surface area (Å²) < 4.78 is 17.6. The highest BCUT2D eigenvalue weighted by Gasteiger charge is 2.49. The number of pyridine rings is 2. The molecule has 3 aromatic rings. The minimum Gasteiger partial charge on any atom is -0.496 e. The standard InChI is InChI=1S/C21H22N4O5/c1-25-14(18-16(28-2)5-6-22-20(18)29-3)7-11-8-17(23-10-15(11)25)24-19(26)12-9-13(12)21(27)30-4/h5-8,10,12-13H,9H2,1-4H3,(H,23,24,26)/t12-,13-/m1/s1. The summed E-state index contributed by atoms with van der Waals surface area (Å²) in [5.41, 5.74) is 2.44. The highest BCUT2D eigenvalue weighted by Crippen LogP contribution is 2.41. The van der Waals surface area contributed by atoms with Crippen LogP contribution < -0.4 is 14.8 Å². The Balaban J connectivity index is 1.65. The molecule has 9 heteroatoms. The molecule has 0 unspecified atom stereocenters. The molecule has 1 fully saturated rings. The first-order chi connectivity index (χ1) is 14.5. The number of carbonyl (C=O) groups excluding carboxylic acids is 2. The quantitative estimate of drug-likeness (QED) is 0.622. The van der Waals surface area contributed by atoms with Gasteiger partial charge in [0.25, 0.3) is 0 Å². The molecule has 1 aliphatic rings. The zero-order chi connectivity index (χ0) is 21.4. The van der Waals surface area contributed by atoms with Gasteiger partial charge in [0.1, 0.15) is 17.1 Å². The number of amides is 1. The van der Waals surface area contributed by atoms with Gasteiger partial charge in [-0.15, -0.1) is 0 Å². The smallest absolute Gasteiger partial charge is 0.309 e. The number of methoxy groups -OCH3 is 3. The number of ether oxygens (including phenoxy) is 3. The molecule has 1 aliphatic carbocycles. The van der Waals surface area contributed by atoms with Gasteiger partial charge in [-0.3, -0.25) is 9.59 Å². The van der Waals surface area contributed by atoms with Gasteiger partial charge < -0.3 is 24.1 Å². The summed E-state index contributed by atoms with van der Waals surface area (Å²) >= 11 is 0. The largest absolute Gasteiger partial charge is 0.496 e. The van der Waals surface area contributed by atoms with Crippen LogP contribution in [0.2, 0.25) is 0 Å². The SMILES string of the molecule is COC(=O)[C@@H]1C[C@H]1C(=O)Nc1cc2cc(-c3c(OC)ccnc3OC)n(C)c2cn1. The van der Waals surface area contributed by atoms with Crippen molar-refractivity contribution in [3.63, 3.8) is 0 Å². The summed E-state index contributed by atoms with van der Waals surface area (Å²) in [7, 11) is 6.39. The lowest BCUT2D eigenvalue weighted by molar-refractivity contribution is -0.143. The molecule has 4 rings (SSSR count). The van der Waals surface area contributed by atoms with E-state index in [4.69, 9.17) is 14.2 Å². The van der Waals surface area contributed by atoms with Gasteiger partial charge in [0.2, 0.25) is 11.8 Å². The third-order valence-electron chi connectivity index (χ3n) is 5.36. The Kier molecular flexibility index (Phi) is 5.03. The molecule has 0 aromatic carbocycles. The van der Waals surface area contributed by atoms with Crippen molar-refractivity contribution >= 4 is 28.6 Å². The lowest BCUT2D eigenvalue weighted by Gasteiger charge is -2.12. The van der Waals surface area contributed by atoms with Gasteiger partial charge in [-0.05, 0) is 24.6 Å². The summed E-state index contributed by atoms with van der Waals surface area (Å²) in [4.78, 5) is 32.6. The number of esters is 1. The maximum atomic E-state index is 12.4. The Hall–Kier alpha value is -3.62. The lowest BCUT2D eigenvalue weighted by Crippen LogP contribution is -2.18. The maximum Gasteiger partial charge on any atom is 0.309 e. The van der Waals surface area contributed by atoms with Crippen molar-refractivity contribution < 1.29 is 23.8 Å². The van der Waals surface area contributed by atoms with Gasteiger partial charge in [-0.2, -0.15) is 0 Å². The molecular weight excluding hydrogens is 388 g/mol. The predicted molar refractivity (Wildman–Crippen MR) is 109 cm³/mol. The van der Waals surface area contributed by atoms with Crippen molar-refractivity contribution in [3.8, 4) is 22.9 Å². The average Bonchev–Trinajstić information content (AvgIpc) is 3.51. The van der Waals surface area contributed by atoms with E-state index in [2.05, 4.69) is 15.3 Å². The van der Waals surface area contributed by atoms with E-state index in [0.29, 0.717) is 23.9 Å². The van der Waals surface area contributed by atoms with Crippen LogP contribution in [0.1, 0.15) is 6.42 Å². The summed E-state index contributed by atoms with van der Waals surface area (Å²) in [6, 6.07) is 5.53. The van der Waals surface area contributed by atoms with E-state index >= 15 is 0 Å². The predicted octanol–water partition coefficient (Wildman–Crippen LogP) is 2.40. The number of hydrogen-bond acceptors (Lipinski definition) is 7. The van der Waals surface area contributed by atoms with Gasteiger partial charge in [-0.25, -0.2) is 9.97 Å². The van der Waals surface area contributed by atoms with Crippen molar-refractivity contribution in [3.05, 3.63) is 30.6 Å². The minimum absolute atomic E-state index is 0.232. The molecule has 0 spiro atoms. The van der Waals surface area contributed by atoms with Crippen molar-refractivity contribution in [2.75, 3.05) is 26.6 Å². The highest BCUT2D eigenvalue weighted by molar-refractivity contribution is 5.99. The van der Waals surface area contributed by atoms with Crippen LogP contribution in [0.3, 0.4) is 0 Å². The number of rotatable bonds is 6. The second kappa shape index (κ2) is 7.66. The van der Waals surface area contributed by atoms with E-state index in [0.717, 1.165) is 22.2 Å². The molecular formula is C21H22N4O5. The van der Waals surface area contributed by atoms with Crippen LogP contribution in [0.4, 0.5) is 5.82 Å². The molecule has 1 N–H and O–H groups in total. The molecule has 0 radical (unpaired) electrons. The lowest BCUT2D eigenvalue weighted by atomic mass is 10.1. The summed E-state index contributed by atoms with van der Waals surface area (Å²) in [6.07, 6.45) is 3.81. The van der Waals surface area contributed by atoms with E-state index in [1.165, 1.54) is 7.11 Å². The van der Waals surface area contributed by atoms with Crippen LogP contribution in [-0.2, 0) is 21.4 Å². The van der Waals surface area contributed by atoms with E-state index in [9.17, 15) is 9.59 Å². The number of fused-ring (bicyclic) bond motifs is 1. The zero-order valence-electron chi connectivity index (χ0n) is 17.1. The Bertz CT molecular complexity index is 1120. The monoisotopic (exact) mass is 410 g/mol. The molecule has 0 aliphatic heterocycles. The fraction of sp³-hybridized carbons (Fsp3) is 0.333. The molecule has 2 atom stereocenters. The first-order valence-corrected chi connectivity index (χ1v) is 9.40. The molecule has 1 saturated carbocycles. The number of aryl methyl sites for hydroxylation is 1. The average molecular weight is 410 g/mol. The van der Waals surface area contributed by atoms with Crippen LogP contribution >= 0.6 is 0 Å². The van der Waals surface area contributed by atoms with E-state index in [-0.39, 0.29) is 23.7 Å². The molecule has 3 aromatic heterocycles. The zero-order valence-corrected chi connectivity index (χ0v) is 17.1. The summed E-state index contributed by atoms with van der Waals surface area (Å²) in [6.45, 7) is 0. The third-order valence-corrected chi connectivity index (χ3v) is 5.36. The number of carbonyl (C=O) groups is 2. The van der Waals surface area contributed by atoms with Crippen molar-refractivity contribution in [2.45, 2.75) is 6.42 Å². The number of nitrogens with zero attached hydrogens (tertiary/aromatic N) is 3. The number of anilines is 1. The summed E-state index contributed by atoms with van der Waals surface area (Å²) in [5.74, 6) is 0.179. The number of nitrogens with one attached hydrogen (secondary N) is 1. The Labute approximate surface area is 173 Å². The van der Waals surface area contributed by atoms with Crippen molar-refractivity contribution in [2.24, 2.45) is 18.9 Å². The first-order valence-electron chi connectivity index (χ1n) is 9.40. The summed E-state index contributed by atoms with van der Waals surface area (Å²) in [5, 5.41) is 3.67. The maximum absolute atomic E-state index is 12.4. The second-order valence-corrected chi connectivity index (χ2v) is 7.08. The molecule has 9 nitrogen and oxygen atoms in total. The van der Waals surface area contributed by atoms with E-state index in [1.807, 2.05) is 17.7 Å². The van der Waals surface area contributed by atoms with E-state index in [1.54, 1.807) is 38.7 Å². The third kappa shape index (κ3) is 3.32. The van der Waals surface area contributed by atoms with Crippen LogP contribution in [0, 0.1) is 11.8 Å². The van der Waals surface area contributed by atoms with Crippen LogP contribution in [0.15, 0.2) is 30.6 Å². The fourth-order valence-electron chi connectivity index (χ4n) is 3.64. The molecule has 30 heavy (non-hydrogen) atoms. The number of hydrogen-bond donors (Lipinski definition) is 1. The van der Waals surface area contributed by atoms with Gasteiger partial charge in [0.15, 0.2) is 0 Å². The topological polar surface area (TPSA) is 105 Å². The molecule has 0 saturated heterocycles. The van der Waals surface area contributed by atoms with Crippen LogP contribution in [-0.4, -0.2) is 47.7 Å². The Morgan fingerprint density at radius 2 is 1.93 bits per heavy atom. The molecule has 0 bridgehead atoms. The molecule has 156 valence electrons. The normalized spacial score (nSPS) is 17.5. The van der Waals surface area contributed by atoms with E-state index < -0.39 is 0 Å². The Morgan fingerprint density at radius 3 is 2.63 bits per heavy atom. The van der Waals surface area contributed by atoms with Crippen molar-refractivity contribution in [1.29, 1.82) is 0 Å². The van der Waals surface area contributed by atoms with Gasteiger partial charge in [-0.1, -0.05) is 0 Å². The Morgan fingerprint density at radius 1 is 1.13 bits per heavy atom. The first kappa shape index (κ1) is 19.7. The van der Waals surface area contributed by atoms with Crippen LogP contribution in [0.5, 0.6) is 11.6 Å². The van der Waals surface area contributed by atoms with Gasteiger partial charge in [0.05, 0.1) is 50.6 Å². The minimum atomic E-state index is -0.370. The molecule has 1 amide bonds. The fourth-order valence-corrected chi connectivity index (χ4v) is 3.64. The highest BCUT2D eigenvalue weighted by atomic mass is 16.5. The second-order valence-electron chi connectivity index (χ2n) is 7.08. The van der Waals surface area contributed by atoms with Gasteiger partial charge in [0, 0.05) is 18.6 Å².